The zero-order valence-corrected chi connectivity index (χ0v) is 17.3. The lowest BCUT2D eigenvalue weighted by molar-refractivity contribution is -0.128. The number of carbonyl (C=O) groups excluding carboxylic acids is 1. The summed E-state index contributed by atoms with van der Waals surface area (Å²) in [4.78, 5) is 28.6. The average molecular weight is 411 g/mol. The summed E-state index contributed by atoms with van der Waals surface area (Å²) in [5, 5.41) is 2.17. The van der Waals surface area contributed by atoms with E-state index in [1.807, 2.05) is 11.0 Å². The number of rotatable bonds is 4. The molecule has 1 saturated heterocycles. The zero-order chi connectivity index (χ0) is 18.9. The van der Waals surface area contributed by atoms with E-state index in [1.165, 1.54) is 27.9 Å². The molecule has 3 heterocycles. The number of benzene rings is 1. The third-order valence-corrected chi connectivity index (χ3v) is 7.73. The van der Waals surface area contributed by atoms with Crippen molar-refractivity contribution in [1.29, 1.82) is 0 Å². The Morgan fingerprint density at radius 2 is 1.89 bits per heavy atom. The van der Waals surface area contributed by atoms with Crippen molar-refractivity contribution in [2.45, 2.75) is 24.3 Å². The van der Waals surface area contributed by atoms with Gasteiger partial charge < -0.3 is 9.80 Å². The molecule has 7 heteroatoms. The maximum absolute atomic E-state index is 12.8. The van der Waals surface area contributed by atoms with E-state index >= 15 is 0 Å². The Balaban J connectivity index is 1.22. The number of anilines is 1. The lowest BCUT2D eigenvalue weighted by Gasteiger charge is -2.36. The Hall–Kier alpha value is -2.12. The van der Waals surface area contributed by atoms with Gasteiger partial charge in [0.25, 0.3) is 0 Å². The van der Waals surface area contributed by atoms with Gasteiger partial charge in [0, 0.05) is 42.1 Å². The number of hydrogen-bond acceptors (Lipinski definition) is 6. The highest BCUT2D eigenvalue weighted by molar-refractivity contribution is 8.00. The molecule has 1 amide bonds. The van der Waals surface area contributed by atoms with E-state index in [9.17, 15) is 4.79 Å². The topological polar surface area (TPSA) is 49.3 Å². The van der Waals surface area contributed by atoms with Crippen LogP contribution in [0.5, 0.6) is 0 Å². The van der Waals surface area contributed by atoms with Crippen LogP contribution >= 0.6 is 23.1 Å². The van der Waals surface area contributed by atoms with Crippen LogP contribution in [0.1, 0.15) is 16.9 Å². The van der Waals surface area contributed by atoms with E-state index in [0.717, 1.165) is 48.9 Å². The number of fused-ring (bicyclic) bond motifs is 3. The minimum absolute atomic E-state index is 0.205. The second kappa shape index (κ2) is 7.72. The van der Waals surface area contributed by atoms with Crippen molar-refractivity contribution in [3.8, 4) is 0 Å². The van der Waals surface area contributed by atoms with Gasteiger partial charge in [0.1, 0.15) is 16.2 Å². The van der Waals surface area contributed by atoms with Crippen molar-refractivity contribution in [1.82, 2.24) is 14.9 Å². The molecule has 1 aliphatic heterocycles. The number of carbonyl (C=O) groups is 1. The number of amides is 1. The number of thioether (sulfide) groups is 1. The first-order chi connectivity index (χ1) is 13.8. The summed E-state index contributed by atoms with van der Waals surface area (Å²) < 4.78 is 0. The fourth-order valence-electron chi connectivity index (χ4n) is 4.08. The molecule has 1 aromatic carbocycles. The van der Waals surface area contributed by atoms with Gasteiger partial charge in [0.05, 0.1) is 5.75 Å². The fraction of sp³-hybridized carbons (Fsp3) is 0.381. The van der Waals surface area contributed by atoms with E-state index in [-0.39, 0.29) is 5.91 Å². The quantitative estimate of drug-likeness (QED) is 0.486. The van der Waals surface area contributed by atoms with Crippen LogP contribution in [0.2, 0.25) is 0 Å². The largest absolute Gasteiger partial charge is 0.368 e. The second-order valence-corrected chi connectivity index (χ2v) is 9.26. The van der Waals surface area contributed by atoms with Crippen LogP contribution < -0.4 is 4.90 Å². The molecule has 0 saturated carbocycles. The SMILES string of the molecule is O=C(CSc1ncnc2sc3c(c12)CCC3)N1CCN(c2ccccc2)CC1. The van der Waals surface area contributed by atoms with E-state index in [0.29, 0.717) is 5.75 Å². The lowest BCUT2D eigenvalue weighted by atomic mass is 10.2. The molecule has 0 N–H and O–H groups in total. The number of thiophene rings is 1. The molecule has 0 bridgehead atoms. The fourth-order valence-corrected chi connectivity index (χ4v) is 6.31. The number of hydrogen-bond donors (Lipinski definition) is 0. The van der Waals surface area contributed by atoms with E-state index in [4.69, 9.17) is 0 Å². The Bertz CT molecular complexity index is 996. The summed E-state index contributed by atoms with van der Waals surface area (Å²) in [6.07, 6.45) is 5.14. The van der Waals surface area contributed by atoms with Crippen molar-refractivity contribution in [2.75, 3.05) is 36.8 Å². The first-order valence-electron chi connectivity index (χ1n) is 9.75. The Morgan fingerprint density at radius 3 is 2.71 bits per heavy atom. The van der Waals surface area contributed by atoms with Gasteiger partial charge >= 0.3 is 0 Å². The summed E-state index contributed by atoms with van der Waals surface area (Å²) in [7, 11) is 0. The van der Waals surface area contributed by atoms with Crippen LogP contribution in [0.25, 0.3) is 10.2 Å². The van der Waals surface area contributed by atoms with Crippen molar-refractivity contribution in [2.24, 2.45) is 0 Å². The highest BCUT2D eigenvalue weighted by Crippen LogP contribution is 2.40. The van der Waals surface area contributed by atoms with Crippen LogP contribution in [0.15, 0.2) is 41.7 Å². The molecule has 5 nitrogen and oxygen atoms in total. The molecule has 0 radical (unpaired) electrons. The van der Waals surface area contributed by atoms with Gasteiger partial charge in [-0.05, 0) is 37.0 Å². The molecule has 1 fully saturated rings. The van der Waals surface area contributed by atoms with Gasteiger partial charge in [-0.15, -0.1) is 11.3 Å². The minimum atomic E-state index is 0.205. The Kier molecular flexibility index (Phi) is 4.94. The van der Waals surface area contributed by atoms with Crippen molar-refractivity contribution in [3.63, 3.8) is 0 Å². The molecule has 2 aliphatic rings. The van der Waals surface area contributed by atoms with Crippen molar-refractivity contribution >= 4 is 44.9 Å². The maximum Gasteiger partial charge on any atom is 0.233 e. The number of piperazine rings is 1. The molecular formula is C21H22N4OS2. The summed E-state index contributed by atoms with van der Waals surface area (Å²) in [5.74, 6) is 0.651. The first-order valence-corrected chi connectivity index (χ1v) is 11.6. The Morgan fingerprint density at radius 1 is 1.07 bits per heavy atom. The molecule has 144 valence electrons. The number of aromatic nitrogens is 2. The molecule has 2 aromatic heterocycles. The van der Waals surface area contributed by atoms with Crippen LogP contribution in [-0.2, 0) is 17.6 Å². The van der Waals surface area contributed by atoms with Gasteiger partial charge in [0.15, 0.2) is 0 Å². The lowest BCUT2D eigenvalue weighted by Crippen LogP contribution is -2.49. The first kappa shape index (κ1) is 17.9. The smallest absolute Gasteiger partial charge is 0.233 e. The predicted octanol–water partition coefficient (Wildman–Crippen LogP) is 3.62. The van der Waals surface area contributed by atoms with Crippen molar-refractivity contribution in [3.05, 3.63) is 47.1 Å². The van der Waals surface area contributed by atoms with E-state index in [1.54, 1.807) is 29.4 Å². The minimum Gasteiger partial charge on any atom is -0.368 e. The van der Waals surface area contributed by atoms with Gasteiger partial charge in [-0.25, -0.2) is 9.97 Å². The number of para-hydroxylation sites is 1. The zero-order valence-electron chi connectivity index (χ0n) is 15.6. The number of aryl methyl sites for hydroxylation is 2. The Labute approximate surface area is 172 Å². The molecule has 0 atom stereocenters. The van der Waals surface area contributed by atoms with Crippen LogP contribution in [0, 0.1) is 0 Å². The van der Waals surface area contributed by atoms with Gasteiger partial charge in [-0.3, -0.25) is 4.79 Å². The average Bonchev–Trinajstić information content (AvgIpc) is 3.34. The summed E-state index contributed by atoms with van der Waals surface area (Å²) in [5.41, 5.74) is 2.66. The molecule has 1 aliphatic carbocycles. The molecule has 28 heavy (non-hydrogen) atoms. The normalized spacial score (nSPS) is 16.6. The molecule has 5 rings (SSSR count). The molecule has 0 unspecified atom stereocenters. The highest BCUT2D eigenvalue weighted by atomic mass is 32.2. The standard InChI is InChI=1S/C21H22N4OS2/c26-18(25-11-9-24(10-12-25)15-5-2-1-3-6-15)13-27-20-19-16-7-4-8-17(16)28-21(19)23-14-22-20/h1-3,5-6,14H,4,7-13H2. The number of nitrogens with zero attached hydrogens (tertiary/aromatic N) is 4. The van der Waals surface area contributed by atoms with E-state index < -0.39 is 0 Å². The second-order valence-electron chi connectivity index (χ2n) is 7.21. The highest BCUT2D eigenvalue weighted by Gasteiger charge is 2.24. The molecular weight excluding hydrogens is 388 g/mol. The summed E-state index contributed by atoms with van der Waals surface area (Å²) in [6, 6.07) is 10.4. The summed E-state index contributed by atoms with van der Waals surface area (Å²) >= 11 is 3.37. The van der Waals surface area contributed by atoms with Crippen molar-refractivity contribution < 1.29 is 4.79 Å². The maximum atomic E-state index is 12.8. The van der Waals surface area contributed by atoms with Crippen LogP contribution in [-0.4, -0.2) is 52.7 Å². The van der Waals surface area contributed by atoms with Gasteiger partial charge in [0.2, 0.25) is 5.91 Å². The van der Waals surface area contributed by atoms with E-state index in [2.05, 4.69) is 39.1 Å². The van der Waals surface area contributed by atoms with Gasteiger partial charge in [-0.2, -0.15) is 0 Å². The molecule has 3 aromatic rings. The third kappa shape index (κ3) is 3.37. The van der Waals surface area contributed by atoms with Crippen LogP contribution in [0.3, 0.4) is 0 Å². The van der Waals surface area contributed by atoms with Crippen LogP contribution in [0.4, 0.5) is 5.69 Å². The third-order valence-electron chi connectivity index (χ3n) is 5.55. The molecule has 0 spiro atoms. The summed E-state index contributed by atoms with van der Waals surface area (Å²) in [6.45, 7) is 3.33. The predicted molar refractivity (Wildman–Crippen MR) is 115 cm³/mol. The van der Waals surface area contributed by atoms with Gasteiger partial charge in [-0.1, -0.05) is 30.0 Å². The monoisotopic (exact) mass is 410 g/mol.